The quantitative estimate of drug-likeness (QED) is 0.883. The number of benzene rings is 1. The molecule has 2 aromatic rings. The summed E-state index contributed by atoms with van der Waals surface area (Å²) in [6.45, 7) is 5.08. The number of carboxylic acid groups (broad SMARTS) is 1. The van der Waals surface area contributed by atoms with Gasteiger partial charge < -0.3 is 9.84 Å². The van der Waals surface area contributed by atoms with Crippen molar-refractivity contribution < 1.29 is 23.8 Å². The Balaban J connectivity index is 2.39. The molecule has 1 heterocycles. The predicted molar refractivity (Wildman–Crippen MR) is 84.3 cm³/mol. The molecule has 1 aromatic heterocycles. The molecule has 8 heteroatoms. The monoisotopic (exact) mass is 338 g/mol. The Kier molecular flexibility index (Phi) is 4.65. The van der Waals surface area contributed by atoms with E-state index in [2.05, 4.69) is 9.69 Å². The number of nitrogens with one attached hydrogen (secondary N) is 1. The van der Waals surface area contributed by atoms with Gasteiger partial charge in [0.05, 0.1) is 5.69 Å². The number of hydrogen-bond donors (Lipinski definition) is 2. The molecule has 0 saturated heterocycles. The molecule has 0 aliphatic heterocycles. The van der Waals surface area contributed by atoms with Gasteiger partial charge in [0.15, 0.2) is 4.88 Å². The van der Waals surface area contributed by atoms with Crippen LogP contribution >= 0.6 is 11.5 Å². The van der Waals surface area contributed by atoms with E-state index in [9.17, 15) is 19.1 Å². The van der Waals surface area contributed by atoms with Crippen LogP contribution in [0.3, 0.4) is 0 Å². The highest BCUT2D eigenvalue weighted by molar-refractivity contribution is 7.09. The third-order valence-electron chi connectivity index (χ3n) is 2.63. The van der Waals surface area contributed by atoms with Gasteiger partial charge >= 0.3 is 12.1 Å². The van der Waals surface area contributed by atoms with Gasteiger partial charge in [-0.05, 0) is 56.6 Å². The van der Waals surface area contributed by atoms with E-state index in [4.69, 9.17) is 4.74 Å². The molecule has 0 spiro atoms. The van der Waals surface area contributed by atoms with Crippen LogP contribution in [-0.2, 0) is 4.74 Å². The molecule has 0 saturated carbocycles. The van der Waals surface area contributed by atoms with Crippen molar-refractivity contribution in [2.45, 2.75) is 26.4 Å². The summed E-state index contributed by atoms with van der Waals surface area (Å²) in [6, 6.07) is 5.37. The lowest BCUT2D eigenvalue weighted by atomic mass is 10.1. The number of aromatic nitrogens is 1. The standard InChI is InChI=1S/C15H15FN2O4S/c1-15(2,3)22-14(21)17-11-10(18-23-12(11)13(19)20)8-4-6-9(16)7-5-8/h4-7H,1-3H3,(H,17,21)(H,19,20). The van der Waals surface area contributed by atoms with Gasteiger partial charge in [-0.25, -0.2) is 14.0 Å². The molecule has 1 aromatic carbocycles. The number of halogens is 1. The van der Waals surface area contributed by atoms with Crippen LogP contribution in [0.15, 0.2) is 24.3 Å². The lowest BCUT2D eigenvalue weighted by Gasteiger charge is -2.19. The fourth-order valence-electron chi connectivity index (χ4n) is 1.76. The number of hydrogen-bond acceptors (Lipinski definition) is 5. The lowest BCUT2D eigenvalue weighted by molar-refractivity contribution is 0.0636. The maximum Gasteiger partial charge on any atom is 0.412 e. The predicted octanol–water partition coefficient (Wildman–Crippen LogP) is 3.99. The first-order chi connectivity index (χ1) is 10.7. The van der Waals surface area contributed by atoms with Gasteiger partial charge in [0, 0.05) is 5.56 Å². The highest BCUT2D eigenvalue weighted by Crippen LogP contribution is 2.33. The first-order valence-corrected chi connectivity index (χ1v) is 7.43. The molecule has 0 atom stereocenters. The van der Waals surface area contributed by atoms with E-state index in [0.717, 1.165) is 11.5 Å². The zero-order valence-electron chi connectivity index (χ0n) is 12.7. The summed E-state index contributed by atoms with van der Waals surface area (Å²) in [5.74, 6) is -1.65. The number of carbonyl (C=O) groups is 2. The van der Waals surface area contributed by atoms with Crippen LogP contribution in [0.1, 0.15) is 30.4 Å². The fraction of sp³-hybridized carbons (Fsp3) is 0.267. The number of carboxylic acids is 1. The van der Waals surface area contributed by atoms with E-state index in [0.29, 0.717) is 5.56 Å². The molecule has 23 heavy (non-hydrogen) atoms. The minimum absolute atomic E-state index is 0.0309. The molecule has 0 aliphatic carbocycles. The molecule has 2 rings (SSSR count). The minimum Gasteiger partial charge on any atom is -0.477 e. The Morgan fingerprint density at radius 3 is 2.39 bits per heavy atom. The summed E-state index contributed by atoms with van der Waals surface area (Å²) in [6.07, 6.45) is -0.788. The first kappa shape index (κ1) is 16.9. The molecule has 0 fully saturated rings. The summed E-state index contributed by atoms with van der Waals surface area (Å²) in [7, 11) is 0. The van der Waals surface area contributed by atoms with E-state index >= 15 is 0 Å². The van der Waals surface area contributed by atoms with E-state index in [-0.39, 0.29) is 16.3 Å². The van der Waals surface area contributed by atoms with Crippen LogP contribution in [0.5, 0.6) is 0 Å². The van der Waals surface area contributed by atoms with Crippen molar-refractivity contribution in [2.75, 3.05) is 5.32 Å². The van der Waals surface area contributed by atoms with Gasteiger partial charge in [0.25, 0.3) is 0 Å². The number of carbonyl (C=O) groups excluding carboxylic acids is 1. The number of ether oxygens (including phenoxy) is 1. The second-order valence-electron chi connectivity index (χ2n) is 5.67. The molecule has 6 nitrogen and oxygen atoms in total. The number of rotatable bonds is 3. The largest absolute Gasteiger partial charge is 0.477 e. The maximum absolute atomic E-state index is 13.0. The van der Waals surface area contributed by atoms with Crippen LogP contribution in [-0.4, -0.2) is 27.1 Å². The van der Waals surface area contributed by atoms with Crippen molar-refractivity contribution in [3.05, 3.63) is 35.0 Å². The Labute approximate surface area is 136 Å². The number of amides is 1. The molecule has 0 radical (unpaired) electrons. The van der Waals surface area contributed by atoms with Crippen LogP contribution in [0.4, 0.5) is 14.9 Å². The molecule has 0 unspecified atom stereocenters. The average Bonchev–Trinajstić information content (AvgIpc) is 2.81. The Hall–Kier alpha value is -2.48. The fourth-order valence-corrected chi connectivity index (χ4v) is 2.46. The topological polar surface area (TPSA) is 88.5 Å². The van der Waals surface area contributed by atoms with Crippen LogP contribution in [0, 0.1) is 5.82 Å². The lowest BCUT2D eigenvalue weighted by Crippen LogP contribution is -2.27. The Bertz CT molecular complexity index is 735. The average molecular weight is 338 g/mol. The second kappa shape index (κ2) is 6.33. The van der Waals surface area contributed by atoms with Crippen molar-refractivity contribution in [3.8, 4) is 11.3 Å². The number of anilines is 1. The second-order valence-corrected chi connectivity index (χ2v) is 6.45. The first-order valence-electron chi connectivity index (χ1n) is 6.66. The smallest absolute Gasteiger partial charge is 0.412 e. The van der Waals surface area contributed by atoms with Crippen LogP contribution < -0.4 is 5.32 Å². The third-order valence-corrected chi connectivity index (χ3v) is 3.47. The Morgan fingerprint density at radius 1 is 1.26 bits per heavy atom. The molecular formula is C15H15FN2O4S. The molecule has 122 valence electrons. The van der Waals surface area contributed by atoms with E-state index in [1.807, 2.05) is 0 Å². The van der Waals surface area contributed by atoms with Crippen molar-refractivity contribution in [3.63, 3.8) is 0 Å². The van der Waals surface area contributed by atoms with Crippen molar-refractivity contribution >= 4 is 29.3 Å². The Morgan fingerprint density at radius 2 is 1.87 bits per heavy atom. The molecule has 0 bridgehead atoms. The SMILES string of the molecule is CC(C)(C)OC(=O)Nc1c(-c2ccc(F)cc2)nsc1C(=O)O. The van der Waals surface area contributed by atoms with Gasteiger partial charge in [0.2, 0.25) is 0 Å². The zero-order valence-corrected chi connectivity index (χ0v) is 13.5. The van der Waals surface area contributed by atoms with Crippen LogP contribution in [0.25, 0.3) is 11.3 Å². The van der Waals surface area contributed by atoms with Crippen molar-refractivity contribution in [1.29, 1.82) is 0 Å². The molecular weight excluding hydrogens is 323 g/mol. The molecule has 2 N–H and O–H groups in total. The molecule has 0 aliphatic rings. The van der Waals surface area contributed by atoms with E-state index in [1.165, 1.54) is 24.3 Å². The molecule has 1 amide bonds. The summed E-state index contributed by atoms with van der Waals surface area (Å²) in [5, 5.41) is 11.7. The van der Waals surface area contributed by atoms with E-state index < -0.39 is 23.5 Å². The van der Waals surface area contributed by atoms with Gasteiger partial charge in [-0.15, -0.1) is 0 Å². The highest BCUT2D eigenvalue weighted by atomic mass is 32.1. The summed E-state index contributed by atoms with van der Waals surface area (Å²) in [5.41, 5.74) is 0.0373. The maximum atomic E-state index is 13.0. The van der Waals surface area contributed by atoms with Crippen molar-refractivity contribution in [1.82, 2.24) is 4.37 Å². The number of aromatic carboxylic acids is 1. The highest BCUT2D eigenvalue weighted by Gasteiger charge is 2.24. The summed E-state index contributed by atoms with van der Waals surface area (Å²) >= 11 is 0.730. The summed E-state index contributed by atoms with van der Waals surface area (Å²) < 4.78 is 22.2. The normalized spacial score (nSPS) is 11.1. The zero-order chi connectivity index (χ0) is 17.2. The third kappa shape index (κ3) is 4.26. The van der Waals surface area contributed by atoms with Gasteiger partial charge in [0.1, 0.15) is 17.1 Å². The van der Waals surface area contributed by atoms with Crippen molar-refractivity contribution in [2.24, 2.45) is 0 Å². The van der Waals surface area contributed by atoms with E-state index in [1.54, 1.807) is 20.8 Å². The van der Waals surface area contributed by atoms with Gasteiger partial charge in [-0.3, -0.25) is 5.32 Å². The number of nitrogens with zero attached hydrogens (tertiary/aromatic N) is 1. The summed E-state index contributed by atoms with van der Waals surface area (Å²) in [4.78, 5) is 23.1. The minimum atomic E-state index is -1.22. The van der Waals surface area contributed by atoms with Gasteiger partial charge in [-0.2, -0.15) is 4.37 Å². The van der Waals surface area contributed by atoms with Crippen LogP contribution in [0.2, 0.25) is 0 Å². The van der Waals surface area contributed by atoms with Gasteiger partial charge in [-0.1, -0.05) is 0 Å².